The van der Waals surface area contributed by atoms with Crippen LogP contribution in [0.4, 0.5) is 5.82 Å². The molecule has 1 aliphatic heterocycles. The van der Waals surface area contributed by atoms with Gasteiger partial charge in [-0.3, -0.25) is 4.90 Å². The summed E-state index contributed by atoms with van der Waals surface area (Å²) in [7, 11) is 0. The summed E-state index contributed by atoms with van der Waals surface area (Å²) in [4.78, 5) is 2.37. The van der Waals surface area contributed by atoms with E-state index >= 15 is 0 Å². The van der Waals surface area contributed by atoms with Crippen molar-refractivity contribution < 1.29 is 9.84 Å². The van der Waals surface area contributed by atoms with Crippen LogP contribution < -0.4 is 5.32 Å². The van der Waals surface area contributed by atoms with E-state index < -0.39 is 0 Å². The molecule has 2 aromatic rings. The normalized spacial score (nSPS) is 15.6. The minimum absolute atomic E-state index is 0.257. The van der Waals surface area contributed by atoms with E-state index in [1.54, 1.807) is 18.3 Å². The van der Waals surface area contributed by atoms with E-state index in [0.717, 1.165) is 56.3 Å². The monoisotopic (exact) mass is 300 g/mol. The van der Waals surface area contributed by atoms with Gasteiger partial charge < -0.3 is 15.2 Å². The number of benzene rings is 1. The largest absolute Gasteiger partial charge is 0.508 e. The van der Waals surface area contributed by atoms with Crippen LogP contribution in [0.15, 0.2) is 36.5 Å². The summed E-state index contributed by atoms with van der Waals surface area (Å²) in [6.45, 7) is 5.34. The Bertz CT molecular complexity index is 597. The fraction of sp³-hybridized carbons (Fsp3) is 0.375. The number of morpholine rings is 1. The SMILES string of the molecule is Oc1ccc(-c2ccnnc2NCCN2CCOCC2)cc1. The number of anilines is 1. The Balaban J connectivity index is 1.64. The molecule has 1 aromatic carbocycles. The number of phenolic OH excluding ortho intramolecular Hbond substituents is 1. The second-order valence-corrected chi connectivity index (χ2v) is 5.22. The van der Waals surface area contributed by atoms with Crippen molar-refractivity contribution in [1.29, 1.82) is 0 Å². The molecule has 3 rings (SSSR count). The third kappa shape index (κ3) is 3.72. The molecule has 0 spiro atoms. The number of nitrogens with one attached hydrogen (secondary N) is 1. The van der Waals surface area contributed by atoms with Crippen LogP contribution >= 0.6 is 0 Å². The fourth-order valence-electron chi connectivity index (χ4n) is 2.49. The minimum Gasteiger partial charge on any atom is -0.508 e. The second-order valence-electron chi connectivity index (χ2n) is 5.22. The van der Waals surface area contributed by atoms with Gasteiger partial charge in [-0.2, -0.15) is 5.10 Å². The molecule has 0 saturated carbocycles. The van der Waals surface area contributed by atoms with Crippen LogP contribution in [0, 0.1) is 0 Å². The fourth-order valence-corrected chi connectivity index (χ4v) is 2.49. The molecule has 0 bridgehead atoms. The minimum atomic E-state index is 0.257. The van der Waals surface area contributed by atoms with Crippen LogP contribution in [0.5, 0.6) is 5.75 Å². The first-order valence-corrected chi connectivity index (χ1v) is 7.48. The Morgan fingerprint density at radius 2 is 1.91 bits per heavy atom. The molecule has 0 amide bonds. The molecular formula is C16H20N4O2. The molecular weight excluding hydrogens is 280 g/mol. The van der Waals surface area contributed by atoms with Gasteiger partial charge in [0.25, 0.3) is 0 Å². The zero-order valence-corrected chi connectivity index (χ0v) is 12.4. The highest BCUT2D eigenvalue weighted by Crippen LogP contribution is 2.26. The zero-order valence-electron chi connectivity index (χ0n) is 12.4. The number of hydrogen-bond acceptors (Lipinski definition) is 6. The Kier molecular flexibility index (Phi) is 4.82. The van der Waals surface area contributed by atoms with Crippen molar-refractivity contribution in [3.8, 4) is 16.9 Å². The lowest BCUT2D eigenvalue weighted by Gasteiger charge is -2.26. The van der Waals surface area contributed by atoms with E-state index in [2.05, 4.69) is 20.4 Å². The Morgan fingerprint density at radius 3 is 2.68 bits per heavy atom. The summed E-state index contributed by atoms with van der Waals surface area (Å²) in [5.41, 5.74) is 1.98. The van der Waals surface area contributed by atoms with Gasteiger partial charge in [0.15, 0.2) is 5.82 Å². The quantitative estimate of drug-likeness (QED) is 0.874. The van der Waals surface area contributed by atoms with Crippen LogP contribution in [0.25, 0.3) is 11.1 Å². The van der Waals surface area contributed by atoms with Gasteiger partial charge in [-0.15, -0.1) is 5.10 Å². The highest BCUT2D eigenvalue weighted by molar-refractivity contribution is 5.74. The molecule has 6 nitrogen and oxygen atoms in total. The lowest BCUT2D eigenvalue weighted by atomic mass is 10.1. The molecule has 0 unspecified atom stereocenters. The predicted octanol–water partition coefficient (Wildman–Crippen LogP) is 1.59. The summed E-state index contributed by atoms with van der Waals surface area (Å²) >= 11 is 0. The maximum absolute atomic E-state index is 9.40. The molecule has 0 radical (unpaired) electrons. The van der Waals surface area contributed by atoms with Gasteiger partial charge >= 0.3 is 0 Å². The first kappa shape index (κ1) is 14.7. The first-order chi connectivity index (χ1) is 10.8. The second kappa shape index (κ2) is 7.20. The number of rotatable bonds is 5. The third-order valence-corrected chi connectivity index (χ3v) is 3.72. The van der Waals surface area contributed by atoms with E-state index in [0.29, 0.717) is 0 Å². The number of phenols is 1. The molecule has 1 aliphatic rings. The number of aromatic nitrogens is 2. The molecule has 22 heavy (non-hydrogen) atoms. The first-order valence-electron chi connectivity index (χ1n) is 7.48. The van der Waals surface area contributed by atoms with Crippen molar-refractivity contribution in [1.82, 2.24) is 15.1 Å². The van der Waals surface area contributed by atoms with Crippen LogP contribution in [0.3, 0.4) is 0 Å². The molecule has 116 valence electrons. The molecule has 2 heterocycles. The Hall–Kier alpha value is -2.18. The zero-order chi connectivity index (χ0) is 15.2. The molecule has 0 aliphatic carbocycles. The number of aromatic hydroxyl groups is 1. The van der Waals surface area contributed by atoms with Gasteiger partial charge in [-0.05, 0) is 23.8 Å². The number of ether oxygens (including phenoxy) is 1. The molecule has 6 heteroatoms. The van der Waals surface area contributed by atoms with Crippen molar-refractivity contribution in [2.45, 2.75) is 0 Å². The van der Waals surface area contributed by atoms with E-state index in [4.69, 9.17) is 4.74 Å². The smallest absolute Gasteiger partial charge is 0.156 e. The van der Waals surface area contributed by atoms with E-state index in [-0.39, 0.29) is 5.75 Å². The van der Waals surface area contributed by atoms with Crippen molar-refractivity contribution >= 4 is 5.82 Å². The third-order valence-electron chi connectivity index (χ3n) is 3.72. The molecule has 0 atom stereocenters. The number of hydrogen-bond donors (Lipinski definition) is 2. The molecule has 1 fully saturated rings. The van der Waals surface area contributed by atoms with Gasteiger partial charge in [0.1, 0.15) is 5.75 Å². The Labute approximate surface area is 129 Å². The predicted molar refractivity (Wildman–Crippen MR) is 84.9 cm³/mol. The van der Waals surface area contributed by atoms with Crippen molar-refractivity contribution in [3.63, 3.8) is 0 Å². The average Bonchev–Trinajstić information content (AvgIpc) is 2.57. The van der Waals surface area contributed by atoms with Crippen LogP contribution in [-0.4, -0.2) is 59.6 Å². The summed E-state index contributed by atoms with van der Waals surface area (Å²) in [6.07, 6.45) is 1.68. The van der Waals surface area contributed by atoms with Gasteiger partial charge in [0.05, 0.1) is 19.4 Å². The summed E-state index contributed by atoms with van der Waals surface area (Å²) in [5, 5.41) is 20.9. The summed E-state index contributed by atoms with van der Waals surface area (Å²) in [5.74, 6) is 1.02. The van der Waals surface area contributed by atoms with Crippen LogP contribution in [0.1, 0.15) is 0 Å². The van der Waals surface area contributed by atoms with Crippen molar-refractivity contribution in [2.24, 2.45) is 0 Å². The molecule has 1 aromatic heterocycles. The van der Waals surface area contributed by atoms with E-state index in [9.17, 15) is 5.11 Å². The van der Waals surface area contributed by atoms with Gasteiger partial charge in [-0.1, -0.05) is 12.1 Å². The maximum Gasteiger partial charge on any atom is 0.156 e. The molecule has 2 N–H and O–H groups in total. The lowest BCUT2D eigenvalue weighted by Crippen LogP contribution is -2.39. The number of nitrogens with zero attached hydrogens (tertiary/aromatic N) is 3. The van der Waals surface area contributed by atoms with E-state index in [1.807, 2.05) is 18.2 Å². The van der Waals surface area contributed by atoms with Gasteiger partial charge in [0, 0.05) is 31.7 Å². The van der Waals surface area contributed by atoms with Gasteiger partial charge in [0.2, 0.25) is 0 Å². The van der Waals surface area contributed by atoms with Crippen molar-refractivity contribution in [3.05, 3.63) is 36.5 Å². The summed E-state index contributed by atoms with van der Waals surface area (Å²) < 4.78 is 5.35. The van der Waals surface area contributed by atoms with Gasteiger partial charge in [-0.25, -0.2) is 0 Å². The highest BCUT2D eigenvalue weighted by atomic mass is 16.5. The lowest BCUT2D eigenvalue weighted by molar-refractivity contribution is 0.0398. The Morgan fingerprint density at radius 1 is 1.14 bits per heavy atom. The average molecular weight is 300 g/mol. The van der Waals surface area contributed by atoms with Crippen LogP contribution in [0.2, 0.25) is 0 Å². The molecule has 1 saturated heterocycles. The van der Waals surface area contributed by atoms with Crippen molar-refractivity contribution in [2.75, 3.05) is 44.7 Å². The highest BCUT2D eigenvalue weighted by Gasteiger charge is 2.11. The standard InChI is InChI=1S/C16H20N4O2/c21-14-3-1-13(2-4-14)15-5-6-18-19-16(15)17-7-8-20-9-11-22-12-10-20/h1-6,21H,7-12H2,(H,17,19). The van der Waals surface area contributed by atoms with E-state index in [1.165, 1.54) is 0 Å². The topological polar surface area (TPSA) is 70.5 Å². The maximum atomic E-state index is 9.40. The summed E-state index contributed by atoms with van der Waals surface area (Å²) in [6, 6.07) is 9.02. The van der Waals surface area contributed by atoms with Crippen LogP contribution in [-0.2, 0) is 4.74 Å².